The Labute approximate surface area is 193 Å². The van der Waals surface area contributed by atoms with Crippen LogP contribution >= 0.6 is 0 Å². The molecule has 7 nitrogen and oxygen atoms in total. The summed E-state index contributed by atoms with van der Waals surface area (Å²) in [5.74, 6) is 1.56. The Balaban J connectivity index is 1.47. The molecule has 2 aromatic carbocycles. The number of aromatic nitrogens is 3. The monoisotopic (exact) mass is 441 g/mol. The molecule has 1 fully saturated rings. The number of rotatable bonds is 5. The van der Waals surface area contributed by atoms with Gasteiger partial charge in [0.2, 0.25) is 0 Å². The Bertz CT molecular complexity index is 1300. The van der Waals surface area contributed by atoms with Crippen molar-refractivity contribution in [3.05, 3.63) is 71.5 Å². The van der Waals surface area contributed by atoms with Gasteiger partial charge in [-0.05, 0) is 55.3 Å². The smallest absolute Gasteiger partial charge is 0.155 e. The number of fused-ring (bicyclic) bond motifs is 1. The molecule has 0 bridgehead atoms. The lowest BCUT2D eigenvalue weighted by Gasteiger charge is -2.37. The summed E-state index contributed by atoms with van der Waals surface area (Å²) >= 11 is 0. The van der Waals surface area contributed by atoms with Gasteiger partial charge in [-0.15, -0.1) is 0 Å². The van der Waals surface area contributed by atoms with Crippen LogP contribution in [0.25, 0.3) is 16.8 Å². The van der Waals surface area contributed by atoms with Crippen molar-refractivity contribution in [1.82, 2.24) is 14.6 Å². The van der Waals surface area contributed by atoms with Crippen LogP contribution in [0, 0.1) is 13.8 Å². The van der Waals surface area contributed by atoms with Crippen LogP contribution in [-0.2, 0) is 0 Å². The number of carbonyl (C=O) groups is 1. The zero-order chi connectivity index (χ0) is 22.9. The van der Waals surface area contributed by atoms with Crippen LogP contribution < -0.4 is 14.5 Å². The highest BCUT2D eigenvalue weighted by atomic mass is 16.5. The van der Waals surface area contributed by atoms with E-state index in [1.165, 1.54) is 16.8 Å². The molecule has 4 aromatic rings. The summed E-state index contributed by atoms with van der Waals surface area (Å²) in [5.41, 5.74) is 6.67. The van der Waals surface area contributed by atoms with Gasteiger partial charge in [-0.2, -0.15) is 5.10 Å². The number of ether oxygens (including phenoxy) is 1. The highest BCUT2D eigenvalue weighted by Crippen LogP contribution is 2.32. The molecule has 0 unspecified atom stereocenters. The number of aldehydes is 1. The van der Waals surface area contributed by atoms with Gasteiger partial charge >= 0.3 is 0 Å². The van der Waals surface area contributed by atoms with Crippen LogP contribution in [0.2, 0.25) is 0 Å². The van der Waals surface area contributed by atoms with Gasteiger partial charge in [-0.1, -0.05) is 12.1 Å². The molecule has 7 heteroatoms. The van der Waals surface area contributed by atoms with E-state index in [4.69, 9.17) is 9.84 Å². The second-order valence-corrected chi connectivity index (χ2v) is 8.42. The predicted molar refractivity (Wildman–Crippen MR) is 131 cm³/mol. The van der Waals surface area contributed by atoms with Gasteiger partial charge in [0.15, 0.2) is 12.1 Å². The highest BCUT2D eigenvalue weighted by Gasteiger charge is 2.24. The zero-order valence-corrected chi connectivity index (χ0v) is 19.2. The molecule has 0 spiro atoms. The van der Waals surface area contributed by atoms with Gasteiger partial charge < -0.3 is 14.5 Å². The molecule has 33 heavy (non-hydrogen) atoms. The largest absolute Gasteiger partial charge is 0.497 e. The molecule has 2 aromatic heterocycles. The second kappa shape index (κ2) is 8.58. The maximum Gasteiger partial charge on any atom is 0.155 e. The van der Waals surface area contributed by atoms with Crippen LogP contribution in [-0.4, -0.2) is 54.2 Å². The lowest BCUT2D eigenvalue weighted by Crippen LogP contribution is -2.47. The lowest BCUT2D eigenvalue weighted by molar-refractivity contribution is 0.112. The van der Waals surface area contributed by atoms with E-state index in [9.17, 15) is 4.79 Å². The van der Waals surface area contributed by atoms with E-state index in [0.717, 1.165) is 55.1 Å². The van der Waals surface area contributed by atoms with Crippen molar-refractivity contribution in [1.29, 1.82) is 0 Å². The summed E-state index contributed by atoms with van der Waals surface area (Å²) in [7, 11) is 1.63. The Morgan fingerprint density at radius 3 is 2.39 bits per heavy atom. The van der Waals surface area contributed by atoms with Crippen molar-refractivity contribution >= 4 is 23.3 Å². The van der Waals surface area contributed by atoms with Crippen molar-refractivity contribution in [3.63, 3.8) is 0 Å². The third-order valence-electron chi connectivity index (χ3n) is 6.33. The lowest BCUT2D eigenvalue weighted by atomic mass is 10.1. The minimum absolute atomic E-state index is 0.556. The number of piperazine rings is 1. The van der Waals surface area contributed by atoms with E-state index >= 15 is 0 Å². The summed E-state index contributed by atoms with van der Waals surface area (Å²) in [5, 5.41) is 4.72. The Morgan fingerprint density at radius 1 is 0.970 bits per heavy atom. The maximum absolute atomic E-state index is 12.2. The molecule has 0 amide bonds. The van der Waals surface area contributed by atoms with E-state index < -0.39 is 0 Å². The fourth-order valence-corrected chi connectivity index (χ4v) is 4.53. The molecule has 168 valence electrons. The first-order valence-electron chi connectivity index (χ1n) is 11.1. The van der Waals surface area contributed by atoms with Gasteiger partial charge in [0.05, 0.1) is 12.7 Å². The number of hydrogen-bond acceptors (Lipinski definition) is 6. The number of methoxy groups -OCH3 is 1. The summed E-state index contributed by atoms with van der Waals surface area (Å²) in [6, 6.07) is 14.2. The Hall–Kier alpha value is -3.87. The van der Waals surface area contributed by atoms with Crippen molar-refractivity contribution in [3.8, 4) is 17.0 Å². The molecule has 1 aliphatic heterocycles. The molecule has 1 saturated heterocycles. The van der Waals surface area contributed by atoms with Crippen LogP contribution in [0.5, 0.6) is 5.75 Å². The molecular formula is C26H27N5O2. The number of hydrogen-bond donors (Lipinski definition) is 0. The SMILES string of the molecule is COc1ccc(-c2nn3ccnc(N4CCN(c5cc(C)ccc5C)CC4)c3c2C=O)cc1. The number of anilines is 2. The van der Waals surface area contributed by atoms with Crippen LogP contribution in [0.1, 0.15) is 21.5 Å². The second-order valence-electron chi connectivity index (χ2n) is 8.42. The van der Waals surface area contributed by atoms with Crippen molar-refractivity contribution < 1.29 is 9.53 Å². The van der Waals surface area contributed by atoms with Gasteiger partial charge in [0.1, 0.15) is 17.0 Å². The molecule has 1 aliphatic rings. The predicted octanol–water partition coefficient (Wildman–Crippen LogP) is 4.16. The fourth-order valence-electron chi connectivity index (χ4n) is 4.53. The summed E-state index contributed by atoms with van der Waals surface area (Å²) in [4.78, 5) is 21.6. The minimum atomic E-state index is 0.556. The average Bonchev–Trinajstić information content (AvgIpc) is 3.24. The van der Waals surface area contributed by atoms with Gasteiger partial charge in [0.25, 0.3) is 0 Å². The fraction of sp³-hybridized carbons (Fsp3) is 0.269. The molecule has 0 aliphatic carbocycles. The molecule has 3 heterocycles. The Morgan fingerprint density at radius 2 is 1.70 bits per heavy atom. The summed E-state index contributed by atoms with van der Waals surface area (Å²) in [6.07, 6.45) is 4.43. The molecule has 0 saturated carbocycles. The van der Waals surface area contributed by atoms with E-state index in [1.54, 1.807) is 24.0 Å². The van der Waals surface area contributed by atoms with Gasteiger partial charge in [0, 0.05) is 49.8 Å². The molecule has 0 atom stereocenters. The van der Waals surface area contributed by atoms with E-state index in [0.29, 0.717) is 11.3 Å². The normalized spacial score (nSPS) is 14.0. The topological polar surface area (TPSA) is 63.0 Å². The molecular weight excluding hydrogens is 414 g/mol. The first-order valence-corrected chi connectivity index (χ1v) is 11.1. The van der Waals surface area contributed by atoms with Gasteiger partial charge in [-0.25, -0.2) is 9.50 Å². The van der Waals surface area contributed by atoms with Crippen LogP contribution in [0.15, 0.2) is 54.9 Å². The summed E-state index contributed by atoms with van der Waals surface area (Å²) in [6.45, 7) is 7.71. The standard InChI is InChI=1S/C26H27N5O2/c1-18-4-5-19(2)23(16-18)29-12-14-30(15-13-29)26-25-22(17-32)24(28-31(25)11-10-27-26)20-6-8-21(33-3)9-7-20/h4-11,16-17H,12-15H2,1-3H3. The quantitative estimate of drug-likeness (QED) is 0.434. The van der Waals surface area contributed by atoms with Crippen molar-refractivity contribution in [2.75, 3.05) is 43.1 Å². The molecule has 0 N–H and O–H groups in total. The Kier molecular flexibility index (Phi) is 5.46. The van der Waals surface area contributed by atoms with E-state index in [-0.39, 0.29) is 0 Å². The van der Waals surface area contributed by atoms with Crippen LogP contribution in [0.3, 0.4) is 0 Å². The highest BCUT2D eigenvalue weighted by molar-refractivity contribution is 5.98. The van der Waals surface area contributed by atoms with Crippen molar-refractivity contribution in [2.45, 2.75) is 13.8 Å². The van der Waals surface area contributed by atoms with E-state index in [2.05, 4.69) is 46.8 Å². The van der Waals surface area contributed by atoms with Crippen LogP contribution in [0.4, 0.5) is 11.5 Å². The van der Waals surface area contributed by atoms with Gasteiger partial charge in [-0.3, -0.25) is 4.79 Å². The van der Waals surface area contributed by atoms with E-state index in [1.807, 2.05) is 24.3 Å². The first-order chi connectivity index (χ1) is 16.1. The van der Waals surface area contributed by atoms with Crippen molar-refractivity contribution in [2.24, 2.45) is 0 Å². The first kappa shape index (κ1) is 21.0. The number of nitrogens with zero attached hydrogens (tertiary/aromatic N) is 5. The number of benzene rings is 2. The third-order valence-corrected chi connectivity index (χ3v) is 6.33. The molecule has 0 radical (unpaired) electrons. The summed E-state index contributed by atoms with van der Waals surface area (Å²) < 4.78 is 7.02. The zero-order valence-electron chi connectivity index (χ0n) is 19.2. The number of carbonyl (C=O) groups excluding carboxylic acids is 1. The minimum Gasteiger partial charge on any atom is -0.497 e. The maximum atomic E-state index is 12.2. The molecule has 5 rings (SSSR count). The number of aryl methyl sites for hydroxylation is 2. The average molecular weight is 442 g/mol. The third kappa shape index (κ3) is 3.80.